The molecule has 1 aromatic heterocycles. The van der Waals surface area contributed by atoms with Crippen molar-refractivity contribution in [2.24, 2.45) is 0 Å². The lowest BCUT2D eigenvalue weighted by molar-refractivity contribution is 0.0526. The minimum absolute atomic E-state index is 0.0659. The molecule has 0 aliphatic carbocycles. The van der Waals surface area contributed by atoms with E-state index in [-0.39, 0.29) is 18.1 Å². The fourth-order valence-corrected chi connectivity index (χ4v) is 2.04. The number of esters is 1. The summed E-state index contributed by atoms with van der Waals surface area (Å²) in [6.45, 7) is 3.43. The van der Waals surface area contributed by atoms with E-state index >= 15 is 0 Å². The smallest absolute Gasteiger partial charge is 0.345 e. The molecular weight excluding hydrogens is 345 g/mol. The first-order valence-electron chi connectivity index (χ1n) is 6.58. The van der Waals surface area contributed by atoms with Crippen LogP contribution in [0, 0.1) is 6.92 Å². The standard InChI is InChI=1S/C14H13Cl2N3O4/c1-3-22-13(20)11-7(2)19-23-12(11)18-14(21)17-8-4-5-9(15)10(16)6-8/h4-6H,3H2,1-2H3,(H2,17,18,21). The highest BCUT2D eigenvalue weighted by molar-refractivity contribution is 6.42. The summed E-state index contributed by atoms with van der Waals surface area (Å²) in [6, 6.07) is 3.97. The molecule has 2 aromatic rings. The van der Waals surface area contributed by atoms with Gasteiger partial charge in [0.05, 0.1) is 22.3 Å². The molecule has 1 aromatic carbocycles. The second kappa shape index (κ2) is 7.34. The number of rotatable bonds is 4. The van der Waals surface area contributed by atoms with Gasteiger partial charge in [0, 0.05) is 5.69 Å². The Hall–Kier alpha value is -2.25. The lowest BCUT2D eigenvalue weighted by atomic mass is 10.2. The van der Waals surface area contributed by atoms with Crippen LogP contribution < -0.4 is 10.6 Å². The number of anilines is 2. The molecule has 2 rings (SSSR count). The predicted molar refractivity (Wildman–Crippen MR) is 86.3 cm³/mol. The van der Waals surface area contributed by atoms with Gasteiger partial charge in [-0.25, -0.2) is 9.59 Å². The Labute approximate surface area is 141 Å². The average Bonchev–Trinajstić information content (AvgIpc) is 2.84. The van der Waals surface area contributed by atoms with Gasteiger partial charge < -0.3 is 14.6 Å². The van der Waals surface area contributed by atoms with Crippen LogP contribution in [0.4, 0.5) is 16.4 Å². The summed E-state index contributed by atoms with van der Waals surface area (Å²) < 4.78 is 9.84. The molecule has 7 nitrogen and oxygen atoms in total. The van der Waals surface area contributed by atoms with Crippen LogP contribution in [-0.4, -0.2) is 23.8 Å². The maximum Gasteiger partial charge on any atom is 0.345 e. The number of benzene rings is 1. The quantitative estimate of drug-likeness (QED) is 0.803. The number of aromatic nitrogens is 1. The molecule has 0 unspecified atom stereocenters. The van der Waals surface area contributed by atoms with Gasteiger partial charge in [-0.3, -0.25) is 5.32 Å². The van der Waals surface area contributed by atoms with Gasteiger partial charge >= 0.3 is 12.0 Å². The lowest BCUT2D eigenvalue weighted by Crippen LogP contribution is -2.21. The zero-order chi connectivity index (χ0) is 17.0. The Morgan fingerprint density at radius 3 is 2.65 bits per heavy atom. The third-order valence-electron chi connectivity index (χ3n) is 2.75. The van der Waals surface area contributed by atoms with Crippen LogP contribution in [-0.2, 0) is 4.74 Å². The largest absolute Gasteiger partial charge is 0.462 e. The topological polar surface area (TPSA) is 93.5 Å². The molecule has 2 N–H and O–H groups in total. The van der Waals surface area contributed by atoms with Crippen LogP contribution in [0.2, 0.25) is 10.0 Å². The van der Waals surface area contributed by atoms with Crippen molar-refractivity contribution in [2.75, 3.05) is 17.2 Å². The van der Waals surface area contributed by atoms with E-state index < -0.39 is 12.0 Å². The molecule has 9 heteroatoms. The van der Waals surface area contributed by atoms with E-state index in [2.05, 4.69) is 15.8 Å². The summed E-state index contributed by atoms with van der Waals surface area (Å²) in [7, 11) is 0. The second-order valence-electron chi connectivity index (χ2n) is 4.40. The molecule has 0 atom stereocenters. The minimum Gasteiger partial charge on any atom is -0.462 e. The van der Waals surface area contributed by atoms with Crippen molar-refractivity contribution in [1.29, 1.82) is 0 Å². The second-order valence-corrected chi connectivity index (χ2v) is 5.21. The third kappa shape index (κ3) is 4.14. The van der Waals surface area contributed by atoms with Gasteiger partial charge in [0.2, 0.25) is 5.88 Å². The molecular formula is C14H13Cl2N3O4. The number of hydrogen-bond donors (Lipinski definition) is 2. The van der Waals surface area contributed by atoms with Crippen molar-refractivity contribution in [1.82, 2.24) is 5.16 Å². The SMILES string of the molecule is CCOC(=O)c1c(C)noc1NC(=O)Nc1ccc(Cl)c(Cl)c1. The predicted octanol–water partition coefficient (Wildman–Crippen LogP) is 4.11. The van der Waals surface area contributed by atoms with Gasteiger partial charge in [-0.1, -0.05) is 28.4 Å². The lowest BCUT2D eigenvalue weighted by Gasteiger charge is -2.07. The molecule has 0 bridgehead atoms. The van der Waals surface area contributed by atoms with Crippen LogP contribution in [0.3, 0.4) is 0 Å². The van der Waals surface area contributed by atoms with Gasteiger partial charge in [-0.15, -0.1) is 0 Å². The Morgan fingerprint density at radius 1 is 1.26 bits per heavy atom. The van der Waals surface area contributed by atoms with Crippen LogP contribution in [0.25, 0.3) is 0 Å². The number of carbonyl (C=O) groups excluding carboxylic acids is 2. The molecule has 0 fully saturated rings. The molecule has 0 spiro atoms. The number of amides is 2. The summed E-state index contributed by atoms with van der Waals surface area (Å²) in [4.78, 5) is 23.8. The maximum atomic E-state index is 12.0. The highest BCUT2D eigenvalue weighted by Crippen LogP contribution is 2.25. The number of nitrogens with zero attached hydrogens (tertiary/aromatic N) is 1. The first-order chi connectivity index (χ1) is 10.9. The minimum atomic E-state index is -0.634. The van der Waals surface area contributed by atoms with Crippen molar-refractivity contribution in [2.45, 2.75) is 13.8 Å². The van der Waals surface area contributed by atoms with E-state index in [0.717, 1.165) is 0 Å². The Balaban J connectivity index is 2.11. The van der Waals surface area contributed by atoms with Crippen LogP contribution >= 0.6 is 23.2 Å². The highest BCUT2D eigenvalue weighted by Gasteiger charge is 2.23. The first kappa shape index (κ1) is 17.1. The number of nitrogens with one attached hydrogen (secondary N) is 2. The number of halogens is 2. The van der Waals surface area contributed by atoms with E-state index in [9.17, 15) is 9.59 Å². The summed E-state index contributed by atoms with van der Waals surface area (Å²) in [5.74, 6) is -0.727. The van der Waals surface area contributed by atoms with Crippen LogP contribution in [0.15, 0.2) is 22.7 Å². The normalized spacial score (nSPS) is 10.3. The van der Waals surface area contributed by atoms with Crippen LogP contribution in [0.1, 0.15) is 23.0 Å². The van der Waals surface area contributed by atoms with Crippen LogP contribution in [0.5, 0.6) is 0 Å². The summed E-state index contributed by atoms with van der Waals surface area (Å²) in [5, 5.41) is 9.25. The number of urea groups is 1. The molecule has 23 heavy (non-hydrogen) atoms. The molecule has 122 valence electrons. The van der Waals surface area contributed by atoms with Crippen molar-refractivity contribution < 1.29 is 18.8 Å². The number of ether oxygens (including phenoxy) is 1. The van der Waals surface area contributed by atoms with E-state index in [0.29, 0.717) is 21.4 Å². The first-order valence-corrected chi connectivity index (χ1v) is 7.34. The molecule has 2 amide bonds. The Kier molecular flexibility index (Phi) is 5.46. The fourth-order valence-electron chi connectivity index (χ4n) is 1.74. The maximum absolute atomic E-state index is 12.0. The number of carbonyl (C=O) groups is 2. The zero-order valence-corrected chi connectivity index (χ0v) is 13.8. The van der Waals surface area contributed by atoms with Gasteiger partial charge in [-0.2, -0.15) is 0 Å². The molecule has 1 heterocycles. The van der Waals surface area contributed by atoms with E-state index in [1.807, 2.05) is 0 Å². The summed E-state index contributed by atoms with van der Waals surface area (Å²) in [6.07, 6.45) is 0. The van der Waals surface area contributed by atoms with E-state index in [4.69, 9.17) is 32.5 Å². The number of hydrogen-bond acceptors (Lipinski definition) is 5. The van der Waals surface area contributed by atoms with Gasteiger partial charge in [0.1, 0.15) is 5.56 Å². The molecule has 0 saturated carbocycles. The average molecular weight is 358 g/mol. The van der Waals surface area contributed by atoms with Crippen molar-refractivity contribution in [3.05, 3.63) is 39.5 Å². The fraction of sp³-hybridized carbons (Fsp3) is 0.214. The third-order valence-corrected chi connectivity index (χ3v) is 3.49. The highest BCUT2D eigenvalue weighted by atomic mass is 35.5. The number of aryl methyl sites for hydroxylation is 1. The Bertz CT molecular complexity index is 746. The van der Waals surface area contributed by atoms with Gasteiger partial charge in [0.15, 0.2) is 0 Å². The van der Waals surface area contributed by atoms with Crippen molar-refractivity contribution in [3.8, 4) is 0 Å². The van der Waals surface area contributed by atoms with Crippen molar-refractivity contribution in [3.63, 3.8) is 0 Å². The molecule has 0 aliphatic heterocycles. The zero-order valence-electron chi connectivity index (χ0n) is 12.3. The summed E-state index contributed by atoms with van der Waals surface area (Å²) >= 11 is 11.7. The molecule has 0 aliphatic rings. The monoisotopic (exact) mass is 357 g/mol. The van der Waals surface area contributed by atoms with E-state index in [1.54, 1.807) is 26.0 Å². The molecule has 0 saturated heterocycles. The van der Waals surface area contributed by atoms with Gasteiger partial charge in [-0.05, 0) is 32.0 Å². The van der Waals surface area contributed by atoms with E-state index in [1.165, 1.54) is 6.07 Å². The summed E-state index contributed by atoms with van der Waals surface area (Å²) in [5.41, 5.74) is 0.801. The Morgan fingerprint density at radius 2 is 2.00 bits per heavy atom. The van der Waals surface area contributed by atoms with Crippen molar-refractivity contribution >= 4 is 46.8 Å². The molecule has 0 radical (unpaired) electrons. The van der Waals surface area contributed by atoms with Gasteiger partial charge in [0.25, 0.3) is 0 Å².